The van der Waals surface area contributed by atoms with Gasteiger partial charge in [0.15, 0.2) is 0 Å². The fourth-order valence-corrected chi connectivity index (χ4v) is 1.57. The van der Waals surface area contributed by atoms with Crippen LogP contribution in [0.3, 0.4) is 0 Å². The van der Waals surface area contributed by atoms with Crippen LogP contribution in [0.5, 0.6) is 0 Å². The van der Waals surface area contributed by atoms with Gasteiger partial charge in [0, 0.05) is 12.1 Å². The Morgan fingerprint density at radius 1 is 1.39 bits per heavy atom. The Hall–Kier alpha value is -2.37. The summed E-state index contributed by atoms with van der Waals surface area (Å²) in [6.45, 7) is 2.06. The second kappa shape index (κ2) is 4.87. The average molecular weight is 250 g/mol. The van der Waals surface area contributed by atoms with Crippen molar-refractivity contribution in [3.8, 4) is 0 Å². The van der Waals surface area contributed by atoms with Crippen LogP contribution in [0.4, 0.5) is 15.8 Å². The molecule has 1 N–H and O–H groups in total. The molecule has 0 spiro atoms. The van der Waals surface area contributed by atoms with Crippen LogP contribution in [0.1, 0.15) is 11.5 Å². The fraction of sp³-hybridized carbons (Fsp3) is 0.167. The number of hydrogen-bond acceptors (Lipinski definition) is 4. The van der Waals surface area contributed by atoms with E-state index < -0.39 is 10.7 Å². The summed E-state index contributed by atoms with van der Waals surface area (Å²) in [6, 6.07) is 6.82. The molecule has 5 nitrogen and oxygen atoms in total. The van der Waals surface area contributed by atoms with E-state index in [9.17, 15) is 14.5 Å². The van der Waals surface area contributed by atoms with E-state index in [2.05, 4.69) is 5.32 Å². The second-order valence-electron chi connectivity index (χ2n) is 3.78. The number of benzene rings is 1. The lowest BCUT2D eigenvalue weighted by Gasteiger charge is -2.05. The summed E-state index contributed by atoms with van der Waals surface area (Å²) >= 11 is 0. The molecule has 0 fully saturated rings. The Morgan fingerprint density at radius 3 is 2.78 bits per heavy atom. The molecule has 0 aliphatic rings. The van der Waals surface area contributed by atoms with Gasteiger partial charge in [0.2, 0.25) is 0 Å². The average Bonchev–Trinajstić information content (AvgIpc) is 2.72. The molecule has 6 heteroatoms. The molecule has 0 unspecified atom stereocenters. The first-order chi connectivity index (χ1) is 8.56. The SMILES string of the molecule is Cc1ccc(CNc2cc(F)ccc2[N+](=O)[O-])o1. The molecule has 1 aromatic carbocycles. The summed E-state index contributed by atoms with van der Waals surface area (Å²) in [5.41, 5.74) is -0.0336. The summed E-state index contributed by atoms with van der Waals surface area (Å²) in [4.78, 5) is 10.2. The van der Waals surface area contributed by atoms with E-state index in [1.165, 1.54) is 0 Å². The lowest BCUT2D eigenvalue weighted by molar-refractivity contribution is -0.384. The Bertz CT molecular complexity index is 580. The van der Waals surface area contributed by atoms with Gasteiger partial charge in [0.25, 0.3) is 5.69 Å². The molecule has 0 saturated heterocycles. The predicted octanol–water partition coefficient (Wildman–Crippen LogP) is 3.25. The number of nitrogens with zero attached hydrogens (tertiary/aromatic N) is 1. The van der Waals surface area contributed by atoms with Gasteiger partial charge in [0.1, 0.15) is 23.0 Å². The van der Waals surface area contributed by atoms with Crippen molar-refractivity contribution in [2.24, 2.45) is 0 Å². The van der Waals surface area contributed by atoms with Crippen LogP contribution in [-0.2, 0) is 6.54 Å². The number of nitrogens with one attached hydrogen (secondary N) is 1. The maximum Gasteiger partial charge on any atom is 0.292 e. The van der Waals surface area contributed by atoms with Crippen LogP contribution in [0, 0.1) is 22.9 Å². The van der Waals surface area contributed by atoms with Crippen LogP contribution < -0.4 is 5.32 Å². The van der Waals surface area contributed by atoms with Crippen LogP contribution in [0.25, 0.3) is 0 Å². The van der Waals surface area contributed by atoms with Gasteiger partial charge in [0.05, 0.1) is 11.5 Å². The maximum absolute atomic E-state index is 13.1. The van der Waals surface area contributed by atoms with E-state index in [1.54, 1.807) is 19.1 Å². The zero-order valence-corrected chi connectivity index (χ0v) is 9.64. The molecule has 18 heavy (non-hydrogen) atoms. The zero-order chi connectivity index (χ0) is 13.1. The molecule has 2 rings (SSSR count). The summed E-state index contributed by atoms with van der Waals surface area (Å²) in [6.07, 6.45) is 0. The molecule has 0 aliphatic carbocycles. The van der Waals surface area contributed by atoms with E-state index in [0.29, 0.717) is 5.76 Å². The predicted molar refractivity (Wildman–Crippen MR) is 63.8 cm³/mol. The molecule has 0 amide bonds. The topological polar surface area (TPSA) is 68.3 Å². The lowest BCUT2D eigenvalue weighted by Crippen LogP contribution is -2.02. The van der Waals surface area contributed by atoms with Crippen molar-refractivity contribution in [3.63, 3.8) is 0 Å². The standard InChI is InChI=1S/C12H11FN2O3/c1-8-2-4-10(18-8)7-14-11-6-9(13)3-5-12(11)15(16)17/h2-6,14H,7H2,1H3. The first kappa shape index (κ1) is 12.1. The smallest absolute Gasteiger partial charge is 0.292 e. The number of nitro benzene ring substituents is 1. The second-order valence-corrected chi connectivity index (χ2v) is 3.78. The molecular weight excluding hydrogens is 239 g/mol. The number of aryl methyl sites for hydroxylation is 1. The van der Waals surface area contributed by atoms with E-state index >= 15 is 0 Å². The van der Waals surface area contributed by atoms with Gasteiger partial charge in [-0.05, 0) is 25.1 Å². The van der Waals surface area contributed by atoms with Crippen molar-refractivity contribution in [1.82, 2.24) is 0 Å². The van der Waals surface area contributed by atoms with E-state index in [1.807, 2.05) is 0 Å². The van der Waals surface area contributed by atoms with Gasteiger partial charge >= 0.3 is 0 Å². The van der Waals surface area contributed by atoms with Gasteiger partial charge in [-0.15, -0.1) is 0 Å². The first-order valence-electron chi connectivity index (χ1n) is 5.29. The molecule has 0 atom stereocenters. The third-order valence-electron chi connectivity index (χ3n) is 2.40. The van der Waals surface area contributed by atoms with Crippen molar-refractivity contribution < 1.29 is 13.7 Å². The van der Waals surface area contributed by atoms with Crippen molar-refractivity contribution in [3.05, 3.63) is 57.8 Å². The number of furan rings is 1. The minimum absolute atomic E-state index is 0.133. The summed E-state index contributed by atoms with van der Waals surface area (Å²) < 4.78 is 18.4. The Balaban J connectivity index is 2.17. The first-order valence-corrected chi connectivity index (χ1v) is 5.29. The van der Waals surface area contributed by atoms with Crippen LogP contribution >= 0.6 is 0 Å². The van der Waals surface area contributed by atoms with Crippen LogP contribution in [-0.4, -0.2) is 4.92 Å². The molecule has 1 heterocycles. The highest BCUT2D eigenvalue weighted by molar-refractivity contribution is 5.61. The van der Waals surface area contributed by atoms with Crippen molar-refractivity contribution in [1.29, 1.82) is 0 Å². The number of nitro groups is 1. The van der Waals surface area contributed by atoms with Crippen LogP contribution in [0.15, 0.2) is 34.7 Å². The van der Waals surface area contributed by atoms with E-state index in [-0.39, 0.29) is 17.9 Å². The van der Waals surface area contributed by atoms with Gasteiger partial charge in [-0.25, -0.2) is 4.39 Å². The van der Waals surface area contributed by atoms with E-state index in [0.717, 1.165) is 24.0 Å². The van der Waals surface area contributed by atoms with Crippen molar-refractivity contribution >= 4 is 11.4 Å². The maximum atomic E-state index is 13.1. The minimum atomic E-state index is -0.560. The van der Waals surface area contributed by atoms with Gasteiger partial charge in [-0.3, -0.25) is 10.1 Å². The molecule has 94 valence electrons. The van der Waals surface area contributed by atoms with Crippen molar-refractivity contribution in [2.45, 2.75) is 13.5 Å². The lowest BCUT2D eigenvalue weighted by atomic mass is 10.2. The normalized spacial score (nSPS) is 10.3. The summed E-state index contributed by atoms with van der Waals surface area (Å²) in [5.74, 6) is 0.852. The number of hydrogen-bond donors (Lipinski definition) is 1. The van der Waals surface area contributed by atoms with Gasteiger partial charge < -0.3 is 9.73 Å². The number of rotatable bonds is 4. The number of anilines is 1. The Morgan fingerprint density at radius 2 is 2.17 bits per heavy atom. The highest BCUT2D eigenvalue weighted by Gasteiger charge is 2.14. The van der Waals surface area contributed by atoms with Gasteiger partial charge in [-0.2, -0.15) is 0 Å². The summed E-state index contributed by atoms with van der Waals surface area (Å²) in [5, 5.41) is 13.6. The van der Waals surface area contributed by atoms with Crippen LogP contribution in [0.2, 0.25) is 0 Å². The summed E-state index contributed by atoms with van der Waals surface area (Å²) in [7, 11) is 0. The Kier molecular flexibility index (Phi) is 3.27. The fourth-order valence-electron chi connectivity index (χ4n) is 1.57. The molecule has 0 radical (unpaired) electrons. The molecule has 2 aromatic rings. The third kappa shape index (κ3) is 2.65. The van der Waals surface area contributed by atoms with E-state index in [4.69, 9.17) is 4.42 Å². The quantitative estimate of drug-likeness (QED) is 0.668. The van der Waals surface area contributed by atoms with Crippen molar-refractivity contribution in [2.75, 3.05) is 5.32 Å². The van der Waals surface area contributed by atoms with Gasteiger partial charge in [-0.1, -0.05) is 0 Å². The monoisotopic (exact) mass is 250 g/mol. The molecule has 0 aliphatic heterocycles. The molecule has 0 saturated carbocycles. The highest BCUT2D eigenvalue weighted by atomic mass is 19.1. The molecule has 1 aromatic heterocycles. The Labute approximate surface area is 102 Å². The largest absolute Gasteiger partial charge is 0.465 e. The number of halogens is 1. The zero-order valence-electron chi connectivity index (χ0n) is 9.64. The third-order valence-corrected chi connectivity index (χ3v) is 2.40. The highest BCUT2D eigenvalue weighted by Crippen LogP contribution is 2.25. The molecular formula is C12H11FN2O3. The minimum Gasteiger partial charge on any atom is -0.465 e. The molecule has 0 bridgehead atoms.